The number of hydrogen-bond acceptors (Lipinski definition) is 8. The van der Waals surface area contributed by atoms with Crippen molar-refractivity contribution in [3.05, 3.63) is 42.2 Å². The molecule has 2 aromatic heterocycles. The molecule has 0 saturated heterocycles. The van der Waals surface area contributed by atoms with Crippen LogP contribution in [0.2, 0.25) is 0 Å². The number of aromatic nitrogens is 2. The van der Waals surface area contributed by atoms with Gasteiger partial charge in [-0.15, -0.1) is 0 Å². The Kier molecular flexibility index (Phi) is 6.76. The molecule has 3 heterocycles. The van der Waals surface area contributed by atoms with Crippen molar-refractivity contribution in [1.82, 2.24) is 9.97 Å². The minimum Gasteiger partial charge on any atom is -0.494 e. The highest BCUT2D eigenvalue weighted by Gasteiger charge is 2.24. The number of Topliss-reactive ketones (excluding diaryl/α,β-unsaturated/α-hetero) is 1. The van der Waals surface area contributed by atoms with Crippen molar-refractivity contribution < 1.29 is 22.7 Å². The molecule has 0 fully saturated rings. The summed E-state index contributed by atoms with van der Waals surface area (Å²) in [5, 5.41) is 1.93. The number of pyridine rings is 1. The van der Waals surface area contributed by atoms with Gasteiger partial charge in [-0.05, 0) is 30.7 Å². The standard InChI is InChI=1S/C23H25N3O5S2/c1-4-5-15(27)10-18-13-25-23(32-18)19-9-14-8-17(11-20(30-2)22(14)26-19)31-16-6-7-21(24-12-16)33(3,28)29/h6-9,11-12,18,26H,4-5,10,13H2,1-3H3. The van der Waals surface area contributed by atoms with Crippen LogP contribution >= 0.6 is 11.8 Å². The van der Waals surface area contributed by atoms with E-state index in [1.807, 2.05) is 19.1 Å². The Morgan fingerprint density at radius 2 is 2.06 bits per heavy atom. The van der Waals surface area contributed by atoms with Crippen molar-refractivity contribution in [2.75, 3.05) is 19.9 Å². The maximum Gasteiger partial charge on any atom is 0.192 e. The van der Waals surface area contributed by atoms with Gasteiger partial charge in [-0.3, -0.25) is 9.79 Å². The molecule has 1 aromatic carbocycles. The van der Waals surface area contributed by atoms with Gasteiger partial charge in [-0.1, -0.05) is 18.7 Å². The summed E-state index contributed by atoms with van der Waals surface area (Å²) in [6, 6.07) is 8.57. The molecule has 1 atom stereocenters. The highest BCUT2D eigenvalue weighted by Crippen LogP contribution is 2.36. The van der Waals surface area contributed by atoms with E-state index in [4.69, 9.17) is 9.47 Å². The van der Waals surface area contributed by atoms with E-state index in [9.17, 15) is 13.2 Å². The second kappa shape index (κ2) is 9.56. The van der Waals surface area contributed by atoms with Gasteiger partial charge in [-0.2, -0.15) is 0 Å². The average Bonchev–Trinajstić information content (AvgIpc) is 3.40. The van der Waals surface area contributed by atoms with Gasteiger partial charge >= 0.3 is 0 Å². The molecular weight excluding hydrogens is 462 g/mol. The minimum atomic E-state index is -3.37. The van der Waals surface area contributed by atoms with Crippen molar-refractivity contribution >= 4 is 43.3 Å². The zero-order valence-corrected chi connectivity index (χ0v) is 20.3. The molecule has 0 spiro atoms. The number of thioether (sulfide) groups is 1. The molecule has 0 bridgehead atoms. The fourth-order valence-electron chi connectivity index (χ4n) is 3.61. The maximum atomic E-state index is 12.0. The van der Waals surface area contributed by atoms with Gasteiger partial charge in [0.25, 0.3) is 0 Å². The van der Waals surface area contributed by atoms with Crippen LogP contribution in [-0.2, 0) is 14.6 Å². The van der Waals surface area contributed by atoms with Crippen LogP contribution in [0.5, 0.6) is 17.2 Å². The molecular formula is C23H25N3O5S2. The third-order valence-electron chi connectivity index (χ3n) is 5.14. The van der Waals surface area contributed by atoms with Gasteiger partial charge in [-0.25, -0.2) is 13.4 Å². The van der Waals surface area contributed by atoms with E-state index in [1.54, 1.807) is 31.0 Å². The summed E-state index contributed by atoms with van der Waals surface area (Å²) in [4.78, 5) is 23.9. The Balaban J connectivity index is 1.54. The molecule has 3 aromatic rings. The summed E-state index contributed by atoms with van der Waals surface area (Å²) in [5.41, 5.74) is 1.69. The second-order valence-electron chi connectivity index (χ2n) is 7.86. The minimum absolute atomic E-state index is 0.0114. The van der Waals surface area contributed by atoms with E-state index in [0.29, 0.717) is 36.6 Å². The number of sulfone groups is 1. The van der Waals surface area contributed by atoms with Crippen LogP contribution < -0.4 is 9.47 Å². The summed E-state index contributed by atoms with van der Waals surface area (Å²) >= 11 is 1.63. The van der Waals surface area contributed by atoms with Crippen LogP contribution in [0.4, 0.5) is 0 Å². The number of fused-ring (bicyclic) bond motifs is 1. The Hall–Kier alpha value is -2.85. The van der Waals surface area contributed by atoms with Gasteiger partial charge in [0.1, 0.15) is 28.1 Å². The first-order valence-electron chi connectivity index (χ1n) is 10.5. The first-order valence-corrected chi connectivity index (χ1v) is 13.3. The van der Waals surface area contributed by atoms with E-state index < -0.39 is 9.84 Å². The van der Waals surface area contributed by atoms with Crippen molar-refractivity contribution in [3.8, 4) is 17.2 Å². The van der Waals surface area contributed by atoms with Crippen molar-refractivity contribution in [2.24, 2.45) is 4.99 Å². The first-order chi connectivity index (χ1) is 15.8. The van der Waals surface area contributed by atoms with Crippen LogP contribution in [-0.4, -0.2) is 54.4 Å². The molecule has 1 aliphatic rings. The van der Waals surface area contributed by atoms with E-state index in [1.165, 1.54) is 12.3 Å². The summed E-state index contributed by atoms with van der Waals surface area (Å²) in [6.07, 6.45) is 4.51. The van der Waals surface area contributed by atoms with Crippen LogP contribution in [0.15, 0.2) is 46.5 Å². The second-order valence-corrected chi connectivity index (χ2v) is 11.1. The number of hydrogen-bond donors (Lipinski definition) is 1. The SMILES string of the molecule is CCCC(=O)CC1CN=C(c2cc3cc(Oc4ccc(S(C)(=O)=O)nc4)cc(OC)c3[nH]2)S1. The number of ketones is 1. The molecule has 1 unspecified atom stereocenters. The topological polar surface area (TPSA) is 111 Å². The largest absolute Gasteiger partial charge is 0.494 e. The number of rotatable bonds is 9. The number of aliphatic imine (C=N–C) groups is 1. The number of carbonyl (C=O) groups is 1. The lowest BCUT2D eigenvalue weighted by atomic mass is 10.1. The third-order valence-corrected chi connectivity index (χ3v) is 7.36. The number of aromatic amines is 1. The highest BCUT2D eigenvalue weighted by molar-refractivity contribution is 8.15. The monoisotopic (exact) mass is 487 g/mol. The predicted octanol–water partition coefficient (Wildman–Crippen LogP) is 4.39. The molecule has 10 heteroatoms. The Labute approximate surface area is 196 Å². The number of benzene rings is 1. The molecule has 1 aliphatic heterocycles. The first kappa shape index (κ1) is 23.3. The molecule has 0 aliphatic carbocycles. The number of nitrogens with one attached hydrogen (secondary N) is 1. The fraction of sp³-hybridized carbons (Fsp3) is 0.348. The van der Waals surface area contributed by atoms with E-state index in [-0.39, 0.29) is 16.1 Å². The number of nitrogens with zero attached hydrogens (tertiary/aromatic N) is 2. The van der Waals surface area contributed by atoms with Gasteiger partial charge in [0, 0.05) is 35.8 Å². The van der Waals surface area contributed by atoms with Crippen LogP contribution in [0.25, 0.3) is 10.9 Å². The zero-order valence-electron chi connectivity index (χ0n) is 18.6. The summed E-state index contributed by atoms with van der Waals surface area (Å²) in [7, 11) is -1.79. The van der Waals surface area contributed by atoms with Crippen molar-refractivity contribution in [3.63, 3.8) is 0 Å². The molecule has 1 N–H and O–H groups in total. The van der Waals surface area contributed by atoms with Crippen molar-refractivity contribution in [1.29, 1.82) is 0 Å². The average molecular weight is 488 g/mol. The number of H-pyrrole nitrogens is 1. The lowest BCUT2D eigenvalue weighted by Crippen LogP contribution is -2.11. The molecule has 0 saturated carbocycles. The van der Waals surface area contributed by atoms with E-state index in [2.05, 4.69) is 15.0 Å². The molecule has 4 rings (SSSR count). The quantitative estimate of drug-likeness (QED) is 0.476. The molecule has 33 heavy (non-hydrogen) atoms. The smallest absolute Gasteiger partial charge is 0.192 e. The third kappa shape index (κ3) is 5.39. The zero-order chi connectivity index (χ0) is 23.6. The van der Waals surface area contributed by atoms with Crippen molar-refractivity contribution in [2.45, 2.75) is 36.5 Å². The summed E-state index contributed by atoms with van der Waals surface area (Å²) in [5.74, 6) is 1.83. The van der Waals surface area contributed by atoms with Crippen LogP contribution in [0.3, 0.4) is 0 Å². The lowest BCUT2D eigenvalue weighted by molar-refractivity contribution is -0.119. The van der Waals surface area contributed by atoms with E-state index >= 15 is 0 Å². The number of ether oxygens (including phenoxy) is 2. The summed E-state index contributed by atoms with van der Waals surface area (Å²) in [6.45, 7) is 2.64. The van der Waals surface area contributed by atoms with Gasteiger partial charge in [0.2, 0.25) is 0 Å². The Morgan fingerprint density at radius 3 is 2.73 bits per heavy atom. The Bertz CT molecular complexity index is 1310. The number of methoxy groups -OCH3 is 1. The van der Waals surface area contributed by atoms with Gasteiger partial charge in [0.15, 0.2) is 14.9 Å². The van der Waals surface area contributed by atoms with Gasteiger partial charge in [0.05, 0.1) is 31.1 Å². The molecule has 0 amide bonds. The van der Waals surface area contributed by atoms with E-state index in [0.717, 1.165) is 34.3 Å². The Morgan fingerprint density at radius 1 is 1.24 bits per heavy atom. The van der Waals surface area contributed by atoms with Crippen LogP contribution in [0, 0.1) is 0 Å². The fourth-order valence-corrected chi connectivity index (χ4v) is 5.29. The molecule has 0 radical (unpaired) electrons. The molecule has 8 nitrogen and oxygen atoms in total. The normalized spacial score (nSPS) is 16.1. The van der Waals surface area contributed by atoms with Crippen LogP contribution in [0.1, 0.15) is 31.9 Å². The highest BCUT2D eigenvalue weighted by atomic mass is 32.2. The lowest BCUT2D eigenvalue weighted by Gasteiger charge is -2.09. The summed E-state index contributed by atoms with van der Waals surface area (Å²) < 4.78 is 34.6. The number of carbonyl (C=O) groups excluding carboxylic acids is 1. The predicted molar refractivity (Wildman–Crippen MR) is 130 cm³/mol. The van der Waals surface area contributed by atoms with Gasteiger partial charge < -0.3 is 14.5 Å². The maximum absolute atomic E-state index is 12.0. The molecule has 174 valence electrons.